The zero-order valence-corrected chi connectivity index (χ0v) is 21.1. The Bertz CT molecular complexity index is 1360. The second-order valence-electron chi connectivity index (χ2n) is 8.33. The molecule has 1 aromatic carbocycles. The molecule has 37 heavy (non-hydrogen) atoms. The number of sulfonamides is 1. The summed E-state index contributed by atoms with van der Waals surface area (Å²) in [6.45, 7) is 4.22. The van der Waals surface area contributed by atoms with Crippen LogP contribution >= 0.6 is 0 Å². The molecule has 8 nitrogen and oxygen atoms in total. The van der Waals surface area contributed by atoms with E-state index in [-0.39, 0.29) is 35.2 Å². The first kappa shape index (κ1) is 27.9. The van der Waals surface area contributed by atoms with Gasteiger partial charge in [-0.1, -0.05) is 43.7 Å². The van der Waals surface area contributed by atoms with E-state index < -0.39 is 33.4 Å². The highest BCUT2D eigenvalue weighted by Gasteiger charge is 2.35. The van der Waals surface area contributed by atoms with E-state index in [9.17, 15) is 26.4 Å². The fourth-order valence-electron chi connectivity index (χ4n) is 3.63. The summed E-state index contributed by atoms with van der Waals surface area (Å²) in [4.78, 5) is 20.9. The summed E-state index contributed by atoms with van der Waals surface area (Å²) in [5.74, 6) is -1.02. The molecular weight excluding hydrogens is 509 g/mol. The maximum atomic E-state index is 13.7. The SMILES string of the molecule is CCCCN(CCC(=O)O)c1cccc(S(=O)(=O)Nc2ccc(C(F)(F)F)c(-c3ccccc3C)n2)n1. The molecule has 3 rings (SSSR count). The normalized spacial score (nSPS) is 11.8. The molecule has 0 aliphatic heterocycles. The zero-order valence-electron chi connectivity index (χ0n) is 20.3. The van der Waals surface area contributed by atoms with Gasteiger partial charge in [-0.25, -0.2) is 9.97 Å². The van der Waals surface area contributed by atoms with Crippen molar-refractivity contribution in [1.82, 2.24) is 9.97 Å². The van der Waals surface area contributed by atoms with Crippen molar-refractivity contribution >= 4 is 27.6 Å². The average Bonchev–Trinajstić information content (AvgIpc) is 2.83. The number of carboxylic acids is 1. The number of hydrogen-bond acceptors (Lipinski definition) is 6. The second kappa shape index (κ2) is 11.6. The van der Waals surface area contributed by atoms with Crippen LogP contribution in [-0.2, 0) is 21.0 Å². The third-order valence-electron chi connectivity index (χ3n) is 5.53. The fraction of sp³-hybridized carbons (Fsp3) is 0.320. The molecule has 0 spiro atoms. The van der Waals surface area contributed by atoms with E-state index in [4.69, 9.17) is 5.11 Å². The molecule has 2 heterocycles. The Kier molecular flexibility index (Phi) is 8.74. The minimum absolute atomic E-state index is 0.138. The first-order chi connectivity index (χ1) is 17.4. The van der Waals surface area contributed by atoms with Gasteiger partial charge in [0, 0.05) is 18.7 Å². The average molecular weight is 537 g/mol. The standard InChI is InChI=1S/C25H27F3N4O4S/c1-3-4-15-32(16-14-23(33)34)21-10-7-11-22(30-21)37(35,36)31-20-13-12-19(25(26,27)28)24(29-20)18-9-6-5-8-17(18)2/h5-13H,3-4,14-16H2,1-2H3,(H,29,31)(H,33,34). The first-order valence-electron chi connectivity index (χ1n) is 11.5. The molecular formula is C25H27F3N4O4S. The van der Waals surface area contributed by atoms with E-state index in [1.807, 2.05) is 6.92 Å². The van der Waals surface area contributed by atoms with E-state index in [0.29, 0.717) is 12.1 Å². The van der Waals surface area contributed by atoms with Gasteiger partial charge in [0.2, 0.25) is 0 Å². The van der Waals surface area contributed by atoms with Gasteiger partial charge in [-0.3, -0.25) is 9.52 Å². The monoisotopic (exact) mass is 536 g/mol. The summed E-state index contributed by atoms with van der Waals surface area (Å²) in [5.41, 5.74) is -0.619. The molecule has 0 bridgehead atoms. The number of unbranched alkanes of at least 4 members (excludes halogenated alkanes) is 1. The van der Waals surface area contributed by atoms with Crippen molar-refractivity contribution in [1.29, 1.82) is 0 Å². The van der Waals surface area contributed by atoms with Gasteiger partial charge in [-0.15, -0.1) is 0 Å². The molecule has 0 saturated heterocycles. The number of benzene rings is 1. The molecule has 3 aromatic rings. The predicted molar refractivity (Wildman–Crippen MR) is 134 cm³/mol. The summed E-state index contributed by atoms with van der Waals surface area (Å²) in [6, 6.07) is 12.4. The Labute approximate surface area is 213 Å². The number of aromatic nitrogens is 2. The number of carbonyl (C=O) groups is 1. The second-order valence-corrected chi connectivity index (χ2v) is 9.96. The van der Waals surface area contributed by atoms with Gasteiger partial charge >= 0.3 is 12.1 Å². The molecule has 198 valence electrons. The van der Waals surface area contributed by atoms with E-state index in [1.54, 1.807) is 36.1 Å². The topological polar surface area (TPSA) is 112 Å². The maximum absolute atomic E-state index is 13.7. The molecule has 0 radical (unpaired) electrons. The van der Waals surface area contributed by atoms with Crippen molar-refractivity contribution in [2.24, 2.45) is 0 Å². The van der Waals surface area contributed by atoms with E-state index in [1.165, 1.54) is 18.2 Å². The molecule has 0 aliphatic rings. The number of nitrogens with one attached hydrogen (secondary N) is 1. The van der Waals surface area contributed by atoms with Gasteiger partial charge in [-0.05, 0) is 43.2 Å². The fourth-order valence-corrected chi connectivity index (χ4v) is 4.59. The minimum atomic E-state index is -4.70. The van der Waals surface area contributed by atoms with E-state index in [0.717, 1.165) is 25.0 Å². The first-order valence-corrected chi connectivity index (χ1v) is 13.0. The van der Waals surface area contributed by atoms with E-state index >= 15 is 0 Å². The van der Waals surface area contributed by atoms with Crippen molar-refractivity contribution < 1.29 is 31.5 Å². The van der Waals surface area contributed by atoms with Gasteiger partial charge in [0.05, 0.1) is 17.7 Å². The number of aliphatic carboxylic acids is 1. The Morgan fingerprint density at radius 1 is 1.03 bits per heavy atom. The number of alkyl halides is 3. The highest BCUT2D eigenvalue weighted by Crippen LogP contribution is 2.38. The van der Waals surface area contributed by atoms with Gasteiger partial charge in [0.15, 0.2) is 5.03 Å². The highest BCUT2D eigenvalue weighted by molar-refractivity contribution is 7.92. The quantitative estimate of drug-likeness (QED) is 0.340. The summed E-state index contributed by atoms with van der Waals surface area (Å²) < 4.78 is 69.5. The van der Waals surface area contributed by atoms with Crippen molar-refractivity contribution in [3.05, 3.63) is 65.7 Å². The Hall–Kier alpha value is -3.67. The van der Waals surface area contributed by atoms with Crippen LogP contribution < -0.4 is 9.62 Å². The molecule has 2 aromatic heterocycles. The molecule has 2 N–H and O–H groups in total. The summed E-state index contributed by atoms with van der Waals surface area (Å²) >= 11 is 0. The van der Waals surface area contributed by atoms with Crippen LogP contribution in [0.4, 0.5) is 24.8 Å². The van der Waals surface area contributed by atoms with Crippen LogP contribution in [0.5, 0.6) is 0 Å². The van der Waals surface area contributed by atoms with Gasteiger partial charge in [0.1, 0.15) is 11.6 Å². The lowest BCUT2D eigenvalue weighted by atomic mass is 10.0. The van der Waals surface area contributed by atoms with Crippen LogP contribution in [0, 0.1) is 6.92 Å². The predicted octanol–water partition coefficient (Wildman–Crippen LogP) is 5.35. The van der Waals surface area contributed by atoms with Crippen LogP contribution in [0.3, 0.4) is 0 Å². The Balaban J connectivity index is 1.97. The zero-order chi connectivity index (χ0) is 27.2. The summed E-state index contributed by atoms with van der Waals surface area (Å²) in [7, 11) is -4.33. The number of rotatable bonds is 11. The Morgan fingerprint density at radius 3 is 2.41 bits per heavy atom. The molecule has 0 aliphatic carbocycles. The van der Waals surface area contributed by atoms with Gasteiger partial charge in [0.25, 0.3) is 10.0 Å². The largest absolute Gasteiger partial charge is 0.481 e. The molecule has 0 amide bonds. The van der Waals surface area contributed by atoms with Gasteiger partial charge < -0.3 is 10.0 Å². The number of anilines is 2. The van der Waals surface area contributed by atoms with Crippen molar-refractivity contribution in [2.45, 2.75) is 44.3 Å². The van der Waals surface area contributed by atoms with Crippen LogP contribution in [0.1, 0.15) is 37.3 Å². The third kappa shape index (κ3) is 7.19. The minimum Gasteiger partial charge on any atom is -0.481 e. The number of pyridine rings is 2. The lowest BCUT2D eigenvalue weighted by molar-refractivity contribution is -0.138. The maximum Gasteiger partial charge on any atom is 0.418 e. The molecule has 0 saturated carbocycles. The van der Waals surface area contributed by atoms with Crippen LogP contribution in [-0.4, -0.2) is 42.6 Å². The van der Waals surface area contributed by atoms with Crippen molar-refractivity contribution in [3.8, 4) is 11.3 Å². The number of nitrogens with zero attached hydrogens (tertiary/aromatic N) is 3. The van der Waals surface area contributed by atoms with Crippen molar-refractivity contribution in [3.63, 3.8) is 0 Å². The molecule has 12 heteroatoms. The van der Waals surface area contributed by atoms with E-state index in [2.05, 4.69) is 14.7 Å². The molecule has 0 fully saturated rings. The lowest BCUT2D eigenvalue weighted by Crippen LogP contribution is -2.28. The van der Waals surface area contributed by atoms with Gasteiger partial charge in [-0.2, -0.15) is 21.6 Å². The van der Waals surface area contributed by atoms with Crippen LogP contribution in [0.2, 0.25) is 0 Å². The molecule has 0 atom stereocenters. The van der Waals surface area contributed by atoms with Crippen molar-refractivity contribution in [2.75, 3.05) is 22.7 Å². The summed E-state index contributed by atoms with van der Waals surface area (Å²) in [6.07, 6.45) is -3.27. The lowest BCUT2D eigenvalue weighted by Gasteiger charge is -2.23. The smallest absolute Gasteiger partial charge is 0.418 e. The third-order valence-corrected chi connectivity index (χ3v) is 6.78. The number of carboxylic acid groups (broad SMARTS) is 1. The summed E-state index contributed by atoms with van der Waals surface area (Å²) in [5, 5.41) is 8.67. The van der Waals surface area contributed by atoms with Crippen LogP contribution in [0.15, 0.2) is 59.6 Å². The van der Waals surface area contributed by atoms with Crippen LogP contribution in [0.25, 0.3) is 11.3 Å². The number of hydrogen-bond donors (Lipinski definition) is 2. The highest BCUT2D eigenvalue weighted by atomic mass is 32.2. The number of aryl methyl sites for hydroxylation is 1. The number of halogens is 3. The Morgan fingerprint density at radius 2 is 1.76 bits per heavy atom. The molecule has 0 unspecified atom stereocenters.